The van der Waals surface area contributed by atoms with Gasteiger partial charge in [0, 0.05) is 25.7 Å². The molecule has 0 heterocycles. The minimum Gasteiger partial charge on any atom is -0.326 e. The van der Waals surface area contributed by atoms with Crippen molar-refractivity contribution in [2.45, 2.75) is 43.7 Å². The Kier molecular flexibility index (Phi) is 5.37. The molecule has 1 fully saturated rings. The minimum atomic E-state index is -3.45. The number of hydrogen-bond donors (Lipinski definition) is 2. The third kappa shape index (κ3) is 4.26. The van der Waals surface area contributed by atoms with Gasteiger partial charge in [0.05, 0.1) is 4.90 Å². The highest BCUT2D eigenvalue weighted by molar-refractivity contribution is 7.89. The van der Waals surface area contributed by atoms with Gasteiger partial charge in [-0.05, 0) is 49.6 Å². The first kappa shape index (κ1) is 16.4. The van der Waals surface area contributed by atoms with Crippen LogP contribution in [0.2, 0.25) is 0 Å². The van der Waals surface area contributed by atoms with E-state index in [2.05, 4.69) is 9.62 Å². The Bertz CT molecular complexity index is 583. The molecule has 0 aromatic heterocycles. The van der Waals surface area contributed by atoms with Crippen molar-refractivity contribution in [3.63, 3.8) is 0 Å². The van der Waals surface area contributed by atoms with Gasteiger partial charge in [0.1, 0.15) is 0 Å². The molecule has 6 heteroatoms. The molecule has 0 radical (unpaired) electrons. The van der Waals surface area contributed by atoms with Gasteiger partial charge in [-0.3, -0.25) is 0 Å². The highest BCUT2D eigenvalue weighted by Gasteiger charge is 2.26. The zero-order chi connectivity index (χ0) is 15.5. The Morgan fingerprint density at radius 3 is 2.62 bits per heavy atom. The maximum absolute atomic E-state index is 12.3. The topological polar surface area (TPSA) is 75.4 Å². The van der Waals surface area contributed by atoms with Gasteiger partial charge in [-0.2, -0.15) is 0 Å². The number of nitrogens with zero attached hydrogens (tertiary/aromatic N) is 1. The number of likely N-dealkylation sites (N-methyl/N-ethyl adjacent to an activating group) is 1. The molecule has 0 spiro atoms. The second kappa shape index (κ2) is 6.87. The molecule has 0 amide bonds. The second-order valence-corrected chi connectivity index (χ2v) is 7.36. The lowest BCUT2D eigenvalue weighted by atomic mass is 10.1. The summed E-state index contributed by atoms with van der Waals surface area (Å²) in [4.78, 5) is 2.50. The zero-order valence-corrected chi connectivity index (χ0v) is 13.6. The van der Waals surface area contributed by atoms with Crippen LogP contribution in [0.5, 0.6) is 0 Å². The predicted molar refractivity (Wildman–Crippen MR) is 84.6 cm³/mol. The molecule has 5 nitrogen and oxygen atoms in total. The summed E-state index contributed by atoms with van der Waals surface area (Å²) >= 11 is 0. The molecule has 0 saturated heterocycles. The first-order valence-corrected chi connectivity index (χ1v) is 8.98. The fraction of sp³-hybridized carbons (Fsp3) is 0.600. The molecule has 0 unspecified atom stereocenters. The van der Waals surface area contributed by atoms with E-state index in [1.165, 1.54) is 12.8 Å². The Balaban J connectivity index is 2.01. The molecule has 118 valence electrons. The summed E-state index contributed by atoms with van der Waals surface area (Å²) in [6.07, 6.45) is 3.30. The Labute approximate surface area is 127 Å². The van der Waals surface area contributed by atoms with Crippen LogP contribution in [0.25, 0.3) is 0 Å². The van der Waals surface area contributed by atoms with Crippen LogP contribution in [0.15, 0.2) is 23.1 Å². The van der Waals surface area contributed by atoms with Gasteiger partial charge in [-0.15, -0.1) is 0 Å². The van der Waals surface area contributed by atoms with Gasteiger partial charge in [-0.1, -0.05) is 13.0 Å². The Morgan fingerprint density at radius 1 is 1.33 bits per heavy atom. The van der Waals surface area contributed by atoms with Crippen LogP contribution in [-0.2, 0) is 23.0 Å². The molecule has 1 saturated carbocycles. The van der Waals surface area contributed by atoms with Crippen LogP contribution in [0.1, 0.15) is 30.9 Å². The maximum atomic E-state index is 12.3. The molecule has 1 aromatic rings. The molecular formula is C15H25N3O2S. The van der Waals surface area contributed by atoms with Crippen LogP contribution >= 0.6 is 0 Å². The van der Waals surface area contributed by atoms with Crippen molar-refractivity contribution >= 4 is 10.0 Å². The number of nitrogens with one attached hydrogen (secondary N) is 1. The Morgan fingerprint density at radius 2 is 2.05 bits per heavy atom. The van der Waals surface area contributed by atoms with Crippen molar-refractivity contribution in [2.24, 2.45) is 5.73 Å². The van der Waals surface area contributed by atoms with E-state index in [4.69, 9.17) is 5.73 Å². The monoisotopic (exact) mass is 311 g/mol. The minimum absolute atomic E-state index is 0.300. The fourth-order valence-electron chi connectivity index (χ4n) is 2.44. The van der Waals surface area contributed by atoms with Crippen LogP contribution in [0.4, 0.5) is 0 Å². The van der Waals surface area contributed by atoms with Gasteiger partial charge in [0.15, 0.2) is 0 Å². The number of nitrogens with two attached hydrogens (primary N) is 1. The summed E-state index contributed by atoms with van der Waals surface area (Å²) in [7, 11) is -1.41. The molecule has 2 rings (SSSR count). The number of benzene rings is 1. The first-order chi connectivity index (χ1) is 9.97. The van der Waals surface area contributed by atoms with Crippen LogP contribution in [-0.4, -0.2) is 39.5 Å². The van der Waals surface area contributed by atoms with E-state index in [1.807, 2.05) is 20.0 Å². The molecule has 1 aliphatic carbocycles. The quantitative estimate of drug-likeness (QED) is 0.753. The maximum Gasteiger partial charge on any atom is 0.240 e. The molecule has 0 bridgehead atoms. The zero-order valence-electron chi connectivity index (χ0n) is 12.8. The number of sulfonamides is 1. The SMILES string of the molecule is CCc1ccc(S(=O)(=O)NCCN(C)C2CC2)cc1CN. The van der Waals surface area contributed by atoms with Crippen molar-refractivity contribution < 1.29 is 8.42 Å². The van der Waals surface area contributed by atoms with Crippen molar-refractivity contribution in [1.82, 2.24) is 9.62 Å². The van der Waals surface area contributed by atoms with E-state index in [0.717, 1.165) is 24.1 Å². The van der Waals surface area contributed by atoms with Crippen LogP contribution in [0.3, 0.4) is 0 Å². The summed E-state index contributed by atoms with van der Waals surface area (Å²) in [5, 5.41) is 0. The highest BCUT2D eigenvalue weighted by atomic mass is 32.2. The molecule has 21 heavy (non-hydrogen) atoms. The number of aryl methyl sites for hydroxylation is 1. The smallest absolute Gasteiger partial charge is 0.240 e. The van der Waals surface area contributed by atoms with E-state index in [0.29, 0.717) is 24.0 Å². The lowest BCUT2D eigenvalue weighted by molar-refractivity contribution is 0.329. The van der Waals surface area contributed by atoms with E-state index in [-0.39, 0.29) is 0 Å². The van der Waals surface area contributed by atoms with Gasteiger partial charge in [0.2, 0.25) is 10.0 Å². The average molecular weight is 311 g/mol. The van der Waals surface area contributed by atoms with Crippen molar-refractivity contribution in [2.75, 3.05) is 20.1 Å². The van der Waals surface area contributed by atoms with Crippen LogP contribution in [0, 0.1) is 0 Å². The highest BCUT2D eigenvalue weighted by Crippen LogP contribution is 2.24. The molecule has 0 atom stereocenters. The van der Waals surface area contributed by atoms with Crippen molar-refractivity contribution in [3.8, 4) is 0 Å². The van der Waals surface area contributed by atoms with Gasteiger partial charge >= 0.3 is 0 Å². The summed E-state index contributed by atoms with van der Waals surface area (Å²) in [5.41, 5.74) is 7.70. The molecule has 1 aromatic carbocycles. The molecule has 3 N–H and O–H groups in total. The molecule has 1 aliphatic rings. The predicted octanol–water partition coefficient (Wildman–Crippen LogP) is 1.08. The third-order valence-corrected chi connectivity index (χ3v) is 5.47. The van der Waals surface area contributed by atoms with Crippen molar-refractivity contribution in [1.29, 1.82) is 0 Å². The van der Waals surface area contributed by atoms with E-state index >= 15 is 0 Å². The van der Waals surface area contributed by atoms with Crippen LogP contribution < -0.4 is 10.5 Å². The number of hydrogen-bond acceptors (Lipinski definition) is 4. The third-order valence-electron chi connectivity index (χ3n) is 4.02. The normalized spacial score (nSPS) is 15.6. The van der Waals surface area contributed by atoms with Gasteiger partial charge in [-0.25, -0.2) is 13.1 Å². The summed E-state index contributed by atoms with van der Waals surface area (Å²) < 4.78 is 27.3. The number of rotatable bonds is 8. The lowest BCUT2D eigenvalue weighted by Crippen LogP contribution is -2.34. The second-order valence-electron chi connectivity index (χ2n) is 5.60. The molecular weight excluding hydrogens is 286 g/mol. The van der Waals surface area contributed by atoms with E-state index in [1.54, 1.807) is 12.1 Å². The summed E-state index contributed by atoms with van der Waals surface area (Å²) in [6.45, 7) is 3.56. The Hall–Kier alpha value is -0.950. The fourth-order valence-corrected chi connectivity index (χ4v) is 3.51. The van der Waals surface area contributed by atoms with E-state index in [9.17, 15) is 8.42 Å². The largest absolute Gasteiger partial charge is 0.326 e. The molecule has 0 aliphatic heterocycles. The van der Waals surface area contributed by atoms with Gasteiger partial charge < -0.3 is 10.6 Å². The summed E-state index contributed by atoms with van der Waals surface area (Å²) in [5.74, 6) is 0. The standard InChI is InChI=1S/C15H25N3O2S/c1-3-12-4-7-15(10-13(12)11-16)21(19,20)17-8-9-18(2)14-5-6-14/h4,7,10,14,17H,3,5-6,8-9,11,16H2,1-2H3. The van der Waals surface area contributed by atoms with E-state index < -0.39 is 10.0 Å². The lowest BCUT2D eigenvalue weighted by Gasteiger charge is -2.16. The van der Waals surface area contributed by atoms with Gasteiger partial charge in [0.25, 0.3) is 0 Å². The van der Waals surface area contributed by atoms with Crippen molar-refractivity contribution in [3.05, 3.63) is 29.3 Å². The summed E-state index contributed by atoms with van der Waals surface area (Å²) in [6, 6.07) is 5.84. The average Bonchev–Trinajstić information content (AvgIpc) is 3.30. The first-order valence-electron chi connectivity index (χ1n) is 7.49.